The van der Waals surface area contributed by atoms with E-state index in [0.29, 0.717) is 12.1 Å². The summed E-state index contributed by atoms with van der Waals surface area (Å²) in [5.41, 5.74) is 0. The first-order chi connectivity index (χ1) is 6.42. The Morgan fingerprint density at radius 1 is 1.31 bits per heavy atom. The van der Waals surface area contributed by atoms with Crippen LogP contribution in [-0.2, 0) is 4.74 Å². The molecule has 0 spiro atoms. The van der Waals surface area contributed by atoms with Gasteiger partial charge in [-0.2, -0.15) is 0 Å². The molecule has 0 aromatic carbocycles. The fourth-order valence-electron chi connectivity index (χ4n) is 2.58. The second-order valence-corrected chi connectivity index (χ2v) is 4.02. The van der Waals surface area contributed by atoms with Gasteiger partial charge < -0.3 is 9.84 Å². The van der Waals surface area contributed by atoms with Crippen molar-refractivity contribution < 1.29 is 9.84 Å². The summed E-state index contributed by atoms with van der Waals surface area (Å²) >= 11 is 0. The predicted molar refractivity (Wildman–Crippen MR) is 50.7 cm³/mol. The van der Waals surface area contributed by atoms with Gasteiger partial charge in [-0.25, -0.2) is 0 Å². The number of nitrogens with zero attached hydrogens (tertiary/aromatic N) is 1. The summed E-state index contributed by atoms with van der Waals surface area (Å²) in [7, 11) is 0. The second kappa shape index (κ2) is 4.40. The molecule has 1 saturated carbocycles. The molecule has 2 aliphatic rings. The van der Waals surface area contributed by atoms with Crippen LogP contribution in [0.1, 0.15) is 25.7 Å². The highest BCUT2D eigenvalue weighted by Crippen LogP contribution is 2.27. The fourth-order valence-corrected chi connectivity index (χ4v) is 2.58. The van der Waals surface area contributed by atoms with Gasteiger partial charge >= 0.3 is 0 Å². The number of rotatable bonds is 2. The van der Waals surface area contributed by atoms with E-state index in [9.17, 15) is 0 Å². The summed E-state index contributed by atoms with van der Waals surface area (Å²) in [6.45, 7) is 2.96. The van der Waals surface area contributed by atoms with E-state index < -0.39 is 0 Å². The molecular weight excluding hydrogens is 166 g/mol. The topological polar surface area (TPSA) is 32.7 Å². The van der Waals surface area contributed by atoms with Crippen LogP contribution in [-0.4, -0.2) is 48.5 Å². The molecule has 76 valence electrons. The van der Waals surface area contributed by atoms with Gasteiger partial charge in [0, 0.05) is 19.1 Å². The van der Waals surface area contributed by atoms with Crippen LogP contribution in [0.5, 0.6) is 0 Å². The second-order valence-electron chi connectivity index (χ2n) is 4.02. The van der Waals surface area contributed by atoms with Gasteiger partial charge in [0.25, 0.3) is 0 Å². The van der Waals surface area contributed by atoms with Crippen LogP contribution in [0.2, 0.25) is 0 Å². The number of morpholine rings is 1. The van der Waals surface area contributed by atoms with Crippen LogP contribution in [0.15, 0.2) is 0 Å². The number of ether oxygens (including phenoxy) is 1. The summed E-state index contributed by atoms with van der Waals surface area (Å²) in [5.74, 6) is 0. The van der Waals surface area contributed by atoms with Gasteiger partial charge in [0.2, 0.25) is 0 Å². The summed E-state index contributed by atoms with van der Waals surface area (Å²) in [6, 6.07) is 0.592. The van der Waals surface area contributed by atoms with Crippen molar-refractivity contribution in [3.8, 4) is 0 Å². The minimum absolute atomic E-state index is 0.281. The van der Waals surface area contributed by atoms with E-state index in [0.717, 1.165) is 19.7 Å². The van der Waals surface area contributed by atoms with Gasteiger partial charge in [-0.05, 0) is 12.8 Å². The Labute approximate surface area is 79.7 Å². The van der Waals surface area contributed by atoms with E-state index in [1.165, 1.54) is 25.7 Å². The fraction of sp³-hybridized carbons (Fsp3) is 1.00. The molecule has 2 fully saturated rings. The van der Waals surface area contributed by atoms with Crippen LogP contribution in [0.25, 0.3) is 0 Å². The Balaban J connectivity index is 1.94. The molecule has 1 saturated heterocycles. The average Bonchev–Trinajstić information content (AvgIpc) is 2.19. The van der Waals surface area contributed by atoms with Crippen LogP contribution >= 0.6 is 0 Å². The van der Waals surface area contributed by atoms with E-state index in [4.69, 9.17) is 9.84 Å². The number of β-amino-alcohol motifs (C(OH)–C–C–N with tert-alkyl or cyclic N) is 1. The zero-order chi connectivity index (χ0) is 9.10. The van der Waals surface area contributed by atoms with Crippen LogP contribution in [0, 0.1) is 0 Å². The van der Waals surface area contributed by atoms with Crippen LogP contribution < -0.4 is 0 Å². The number of hydrogen-bond donors (Lipinski definition) is 1. The van der Waals surface area contributed by atoms with Gasteiger partial charge in [0.1, 0.15) is 0 Å². The predicted octanol–water partition coefficient (Wildman–Crippen LogP) is 0.622. The largest absolute Gasteiger partial charge is 0.395 e. The molecule has 0 aromatic rings. The zero-order valence-electron chi connectivity index (χ0n) is 8.11. The first-order valence-corrected chi connectivity index (χ1v) is 5.38. The minimum atomic E-state index is 0.281. The first-order valence-electron chi connectivity index (χ1n) is 5.38. The van der Waals surface area contributed by atoms with E-state index in [1.54, 1.807) is 0 Å². The summed E-state index contributed by atoms with van der Waals surface area (Å²) < 4.78 is 5.74. The van der Waals surface area contributed by atoms with Crippen molar-refractivity contribution in [2.45, 2.75) is 37.8 Å². The van der Waals surface area contributed by atoms with E-state index in [1.807, 2.05) is 0 Å². The Hall–Kier alpha value is -0.120. The zero-order valence-corrected chi connectivity index (χ0v) is 8.11. The van der Waals surface area contributed by atoms with Gasteiger partial charge in [-0.1, -0.05) is 12.8 Å². The number of fused-ring (bicyclic) bond motifs is 1. The lowest BCUT2D eigenvalue weighted by Gasteiger charge is -2.43. The highest BCUT2D eigenvalue weighted by Gasteiger charge is 2.33. The molecular formula is C10H19NO2. The van der Waals surface area contributed by atoms with Crippen molar-refractivity contribution in [3.63, 3.8) is 0 Å². The third-order valence-electron chi connectivity index (χ3n) is 3.23. The van der Waals surface area contributed by atoms with Crippen molar-refractivity contribution >= 4 is 0 Å². The Morgan fingerprint density at radius 3 is 3.00 bits per heavy atom. The molecule has 1 aliphatic carbocycles. The minimum Gasteiger partial charge on any atom is -0.395 e. The molecule has 2 atom stereocenters. The van der Waals surface area contributed by atoms with E-state index >= 15 is 0 Å². The van der Waals surface area contributed by atoms with Gasteiger partial charge in [-0.15, -0.1) is 0 Å². The lowest BCUT2D eigenvalue weighted by Crippen LogP contribution is -2.53. The van der Waals surface area contributed by atoms with Crippen LogP contribution in [0.4, 0.5) is 0 Å². The van der Waals surface area contributed by atoms with Crippen molar-refractivity contribution in [1.82, 2.24) is 4.90 Å². The van der Waals surface area contributed by atoms with Gasteiger partial charge in [0.15, 0.2) is 0 Å². The molecule has 2 rings (SSSR count). The van der Waals surface area contributed by atoms with Crippen molar-refractivity contribution in [2.24, 2.45) is 0 Å². The summed E-state index contributed by atoms with van der Waals surface area (Å²) in [4.78, 5) is 2.40. The Bertz CT molecular complexity index is 159. The standard InChI is InChI=1S/C10H19NO2/c12-7-5-11-6-8-13-10-4-2-1-3-9(10)11/h9-10,12H,1-8H2. The SMILES string of the molecule is OCCN1CCOC2CCCCC21. The van der Waals surface area contributed by atoms with E-state index in [2.05, 4.69) is 4.90 Å². The molecule has 3 heteroatoms. The Kier molecular flexibility index (Phi) is 3.19. The number of aliphatic hydroxyl groups excluding tert-OH is 1. The molecule has 13 heavy (non-hydrogen) atoms. The maximum atomic E-state index is 8.93. The highest BCUT2D eigenvalue weighted by atomic mass is 16.5. The van der Waals surface area contributed by atoms with E-state index in [-0.39, 0.29) is 6.61 Å². The van der Waals surface area contributed by atoms with Gasteiger partial charge in [-0.3, -0.25) is 4.90 Å². The molecule has 3 nitrogen and oxygen atoms in total. The summed E-state index contributed by atoms with van der Waals surface area (Å²) in [5, 5.41) is 8.93. The average molecular weight is 185 g/mol. The maximum Gasteiger partial charge on any atom is 0.0730 e. The molecule has 0 bridgehead atoms. The third-order valence-corrected chi connectivity index (χ3v) is 3.23. The number of aliphatic hydroxyl groups is 1. The molecule has 1 heterocycles. The monoisotopic (exact) mass is 185 g/mol. The smallest absolute Gasteiger partial charge is 0.0730 e. The molecule has 1 N–H and O–H groups in total. The van der Waals surface area contributed by atoms with Crippen molar-refractivity contribution in [2.75, 3.05) is 26.3 Å². The van der Waals surface area contributed by atoms with Crippen LogP contribution in [0.3, 0.4) is 0 Å². The lowest BCUT2D eigenvalue weighted by atomic mass is 9.90. The highest BCUT2D eigenvalue weighted by molar-refractivity contribution is 4.86. The molecule has 0 radical (unpaired) electrons. The Morgan fingerprint density at radius 2 is 2.15 bits per heavy atom. The molecule has 0 amide bonds. The summed E-state index contributed by atoms with van der Waals surface area (Å²) in [6.07, 6.45) is 5.56. The number of hydrogen-bond acceptors (Lipinski definition) is 3. The molecule has 2 unspecified atom stereocenters. The quantitative estimate of drug-likeness (QED) is 0.684. The first kappa shape index (κ1) is 9.44. The maximum absolute atomic E-state index is 8.93. The van der Waals surface area contributed by atoms with Crippen molar-refractivity contribution in [1.29, 1.82) is 0 Å². The molecule has 0 aromatic heterocycles. The normalized spacial score (nSPS) is 35.8. The lowest BCUT2D eigenvalue weighted by molar-refractivity contribution is -0.0908. The van der Waals surface area contributed by atoms with Gasteiger partial charge in [0.05, 0.1) is 19.3 Å². The molecule has 1 aliphatic heterocycles. The van der Waals surface area contributed by atoms with Crippen molar-refractivity contribution in [3.05, 3.63) is 0 Å². The third kappa shape index (κ3) is 2.03.